The average Bonchev–Trinajstić information content (AvgIpc) is 3.11. The van der Waals surface area contributed by atoms with Gasteiger partial charge in [-0.2, -0.15) is 15.1 Å². The van der Waals surface area contributed by atoms with E-state index in [4.69, 9.17) is 5.84 Å². The Morgan fingerprint density at radius 2 is 2.32 bits per heavy atom. The number of hydrogen-bond donors (Lipinski definition) is 3. The molecule has 3 rings (SSSR count). The first kappa shape index (κ1) is 12.2. The van der Waals surface area contributed by atoms with Gasteiger partial charge in [-0.05, 0) is 25.2 Å². The predicted octanol–water partition coefficient (Wildman–Crippen LogP) is 1.26. The number of rotatable bonds is 6. The molecular formula is C12H19N7. The first-order valence-corrected chi connectivity index (χ1v) is 6.74. The summed E-state index contributed by atoms with van der Waals surface area (Å²) in [5, 5.41) is 7.88. The molecule has 2 heterocycles. The van der Waals surface area contributed by atoms with Crippen LogP contribution in [0.4, 0.5) is 11.8 Å². The van der Waals surface area contributed by atoms with Crippen LogP contribution in [0.15, 0.2) is 6.20 Å². The normalized spacial score (nSPS) is 14.8. The second-order valence-corrected chi connectivity index (χ2v) is 5.04. The number of fused-ring (bicyclic) bond motifs is 1. The lowest BCUT2D eigenvalue weighted by Crippen LogP contribution is -2.28. The topological polar surface area (TPSA) is 95.8 Å². The number of nitrogens with two attached hydrogens (primary N) is 1. The van der Waals surface area contributed by atoms with E-state index in [1.807, 2.05) is 0 Å². The minimum atomic E-state index is 0.420. The Bertz CT molecular complexity index is 560. The highest BCUT2D eigenvalue weighted by molar-refractivity contribution is 5.87. The first-order valence-electron chi connectivity index (χ1n) is 6.74. The molecule has 7 nitrogen and oxygen atoms in total. The molecule has 7 heteroatoms. The van der Waals surface area contributed by atoms with Crippen LogP contribution in [0.1, 0.15) is 26.2 Å². The Morgan fingerprint density at radius 3 is 3.00 bits per heavy atom. The highest BCUT2D eigenvalue weighted by Crippen LogP contribution is 2.33. The molecule has 0 radical (unpaired) electrons. The Morgan fingerprint density at radius 1 is 1.47 bits per heavy atom. The van der Waals surface area contributed by atoms with Gasteiger partial charge in [0.25, 0.3) is 0 Å². The number of hydrogen-bond acceptors (Lipinski definition) is 6. The van der Waals surface area contributed by atoms with E-state index in [-0.39, 0.29) is 0 Å². The summed E-state index contributed by atoms with van der Waals surface area (Å²) in [4.78, 5) is 11.1. The second-order valence-electron chi connectivity index (χ2n) is 5.04. The van der Waals surface area contributed by atoms with Crippen LogP contribution in [0.3, 0.4) is 0 Å². The number of H-pyrrole nitrogens is 1. The van der Waals surface area contributed by atoms with Crippen LogP contribution >= 0.6 is 0 Å². The van der Waals surface area contributed by atoms with Gasteiger partial charge in [-0.3, -0.25) is 10.5 Å². The molecule has 4 N–H and O–H groups in total. The summed E-state index contributed by atoms with van der Waals surface area (Å²) >= 11 is 0. The number of nitrogens with one attached hydrogen (secondary N) is 2. The molecule has 1 saturated carbocycles. The molecule has 0 aromatic carbocycles. The molecule has 0 bridgehead atoms. The zero-order chi connectivity index (χ0) is 13.2. The van der Waals surface area contributed by atoms with Gasteiger partial charge in [0.1, 0.15) is 5.82 Å². The van der Waals surface area contributed by atoms with Crippen molar-refractivity contribution in [3.8, 4) is 0 Å². The number of nitrogens with zero attached hydrogens (tertiary/aromatic N) is 4. The molecule has 0 unspecified atom stereocenters. The Kier molecular flexibility index (Phi) is 3.20. The van der Waals surface area contributed by atoms with Gasteiger partial charge in [0.2, 0.25) is 5.95 Å². The van der Waals surface area contributed by atoms with Gasteiger partial charge >= 0.3 is 0 Å². The van der Waals surface area contributed by atoms with Crippen molar-refractivity contribution in [2.75, 3.05) is 23.4 Å². The lowest BCUT2D eigenvalue weighted by molar-refractivity contribution is 0.701. The third-order valence-corrected chi connectivity index (χ3v) is 3.39. The lowest BCUT2D eigenvalue weighted by atomic mass is 10.3. The maximum atomic E-state index is 5.44. The summed E-state index contributed by atoms with van der Waals surface area (Å²) in [6, 6.07) is 0. The quantitative estimate of drug-likeness (QED) is 0.535. The molecule has 0 atom stereocenters. The summed E-state index contributed by atoms with van der Waals surface area (Å²) in [6.45, 7) is 4.21. The zero-order valence-corrected chi connectivity index (χ0v) is 11.1. The second kappa shape index (κ2) is 5.00. The smallest absolute Gasteiger partial charge is 0.241 e. The minimum Gasteiger partial charge on any atom is -0.356 e. The molecule has 1 aliphatic carbocycles. The van der Waals surface area contributed by atoms with Crippen LogP contribution in [-0.2, 0) is 0 Å². The van der Waals surface area contributed by atoms with Crippen LogP contribution < -0.4 is 16.2 Å². The van der Waals surface area contributed by atoms with Crippen molar-refractivity contribution < 1.29 is 0 Å². The predicted molar refractivity (Wildman–Crippen MR) is 74.7 cm³/mol. The van der Waals surface area contributed by atoms with Gasteiger partial charge < -0.3 is 4.90 Å². The maximum absolute atomic E-state index is 5.44. The molecule has 2 aromatic heterocycles. The van der Waals surface area contributed by atoms with Gasteiger partial charge in [0, 0.05) is 13.1 Å². The SMILES string of the molecule is CCCN(CC1CC1)c1nc(NN)nc2[nH]ncc12. The van der Waals surface area contributed by atoms with E-state index in [1.54, 1.807) is 6.20 Å². The molecule has 0 saturated heterocycles. The molecular weight excluding hydrogens is 242 g/mol. The fourth-order valence-electron chi connectivity index (χ4n) is 2.29. The van der Waals surface area contributed by atoms with Crippen LogP contribution in [0.2, 0.25) is 0 Å². The van der Waals surface area contributed by atoms with Crippen molar-refractivity contribution in [2.24, 2.45) is 11.8 Å². The number of aromatic nitrogens is 4. The Hall–Kier alpha value is -1.89. The highest BCUT2D eigenvalue weighted by atomic mass is 15.3. The summed E-state index contributed by atoms with van der Waals surface area (Å²) in [6.07, 6.45) is 5.51. The van der Waals surface area contributed by atoms with E-state index in [0.29, 0.717) is 5.95 Å². The maximum Gasteiger partial charge on any atom is 0.241 e. The van der Waals surface area contributed by atoms with Gasteiger partial charge in [-0.25, -0.2) is 5.84 Å². The molecule has 0 amide bonds. The van der Waals surface area contributed by atoms with E-state index in [0.717, 1.165) is 42.3 Å². The Labute approximate surface area is 111 Å². The van der Waals surface area contributed by atoms with Gasteiger partial charge in [-0.1, -0.05) is 6.92 Å². The van der Waals surface area contributed by atoms with Crippen LogP contribution in [0.5, 0.6) is 0 Å². The van der Waals surface area contributed by atoms with E-state index in [9.17, 15) is 0 Å². The third kappa shape index (κ3) is 2.46. The number of hydrazine groups is 1. The monoisotopic (exact) mass is 261 g/mol. The van der Waals surface area contributed by atoms with Crippen molar-refractivity contribution in [1.29, 1.82) is 0 Å². The van der Waals surface area contributed by atoms with Gasteiger partial charge in [0.05, 0.1) is 11.6 Å². The Balaban J connectivity index is 2.00. The fourth-order valence-corrected chi connectivity index (χ4v) is 2.29. The molecule has 2 aromatic rings. The number of aromatic amines is 1. The van der Waals surface area contributed by atoms with E-state index >= 15 is 0 Å². The molecule has 0 spiro atoms. The number of anilines is 2. The van der Waals surface area contributed by atoms with Crippen molar-refractivity contribution >= 4 is 22.8 Å². The van der Waals surface area contributed by atoms with E-state index < -0.39 is 0 Å². The van der Waals surface area contributed by atoms with E-state index in [2.05, 4.69) is 37.4 Å². The minimum absolute atomic E-state index is 0.420. The van der Waals surface area contributed by atoms with Crippen molar-refractivity contribution in [3.63, 3.8) is 0 Å². The lowest BCUT2D eigenvalue weighted by Gasteiger charge is -2.23. The van der Waals surface area contributed by atoms with Crippen molar-refractivity contribution in [2.45, 2.75) is 26.2 Å². The average molecular weight is 261 g/mol. The summed E-state index contributed by atoms with van der Waals surface area (Å²) in [5.74, 6) is 7.58. The van der Waals surface area contributed by atoms with Crippen LogP contribution in [0.25, 0.3) is 11.0 Å². The van der Waals surface area contributed by atoms with Crippen LogP contribution in [-0.4, -0.2) is 33.3 Å². The molecule has 1 fully saturated rings. The third-order valence-electron chi connectivity index (χ3n) is 3.39. The highest BCUT2D eigenvalue weighted by Gasteiger charge is 2.26. The first-order chi connectivity index (χ1) is 9.31. The number of nitrogen functional groups attached to an aromatic ring is 1. The summed E-state index contributed by atoms with van der Waals surface area (Å²) in [7, 11) is 0. The molecule has 19 heavy (non-hydrogen) atoms. The van der Waals surface area contributed by atoms with E-state index in [1.165, 1.54) is 12.8 Å². The van der Waals surface area contributed by atoms with Gasteiger partial charge in [0.15, 0.2) is 5.65 Å². The summed E-state index contributed by atoms with van der Waals surface area (Å²) < 4.78 is 0. The molecule has 0 aliphatic heterocycles. The largest absolute Gasteiger partial charge is 0.356 e. The zero-order valence-electron chi connectivity index (χ0n) is 11.1. The van der Waals surface area contributed by atoms with Crippen molar-refractivity contribution in [3.05, 3.63) is 6.20 Å². The molecule has 1 aliphatic rings. The standard InChI is InChI=1S/C12H19N7/c1-2-5-19(7-8-3-4-8)11-9-6-14-18-10(9)15-12(16-11)17-13/h6,8H,2-5,7,13H2,1H3,(H2,14,15,16,17,18). The van der Waals surface area contributed by atoms with Crippen molar-refractivity contribution in [1.82, 2.24) is 20.2 Å². The molecule has 102 valence electrons. The fraction of sp³-hybridized carbons (Fsp3) is 0.583. The van der Waals surface area contributed by atoms with Gasteiger partial charge in [-0.15, -0.1) is 0 Å². The summed E-state index contributed by atoms with van der Waals surface area (Å²) in [5.41, 5.74) is 3.24. The van der Waals surface area contributed by atoms with Crippen LogP contribution in [0, 0.1) is 5.92 Å².